The number of nitrogens with one attached hydrogen (secondary N) is 1. The van der Waals surface area contributed by atoms with E-state index in [1.54, 1.807) is 0 Å². The summed E-state index contributed by atoms with van der Waals surface area (Å²) in [4.78, 5) is 2.37. The fourth-order valence-electron chi connectivity index (χ4n) is 1.03. The Kier molecular flexibility index (Phi) is 2.26. The molecule has 6 heteroatoms. The van der Waals surface area contributed by atoms with Crippen LogP contribution in [0.1, 0.15) is 6.42 Å². The molecule has 1 rings (SSSR count). The molecule has 11 heavy (non-hydrogen) atoms. The third kappa shape index (κ3) is 1.78. The lowest BCUT2D eigenvalue weighted by Crippen LogP contribution is -2.48. The lowest BCUT2D eigenvalue weighted by atomic mass is 10.0. The minimum atomic E-state index is -2.88. The molecule has 0 aromatic heterocycles. The number of halogens is 2. The van der Waals surface area contributed by atoms with Crippen molar-refractivity contribution in [3.8, 4) is 0 Å². The summed E-state index contributed by atoms with van der Waals surface area (Å²) in [5, 5.41) is 5.56. The van der Waals surface area contributed by atoms with Crippen LogP contribution >= 0.6 is 0 Å². The van der Waals surface area contributed by atoms with Crippen molar-refractivity contribution in [2.75, 3.05) is 13.1 Å². The van der Waals surface area contributed by atoms with Crippen molar-refractivity contribution in [2.45, 2.75) is 18.4 Å². The molecule has 0 bridgehead atoms. The Morgan fingerprint density at radius 1 is 1.64 bits per heavy atom. The third-order valence-corrected chi connectivity index (χ3v) is 1.63. The first-order chi connectivity index (χ1) is 5.17. The van der Waals surface area contributed by atoms with Gasteiger partial charge >= 0.3 is 0 Å². The molecule has 4 nitrogen and oxygen atoms in total. The van der Waals surface area contributed by atoms with Crippen LogP contribution in [0.15, 0.2) is 5.11 Å². The maximum Gasteiger partial charge on any atom is 0.268 e. The van der Waals surface area contributed by atoms with Gasteiger partial charge in [-0.05, 0) is 18.5 Å². The highest BCUT2D eigenvalue weighted by Gasteiger charge is 2.40. The average molecular weight is 162 g/mol. The molecular weight excluding hydrogens is 154 g/mol. The molecule has 0 spiro atoms. The highest BCUT2D eigenvalue weighted by atomic mass is 19.3. The number of alkyl halides is 2. The summed E-state index contributed by atoms with van der Waals surface area (Å²) >= 11 is 0. The second-order valence-electron chi connectivity index (χ2n) is 2.45. The molecule has 0 amide bonds. The van der Waals surface area contributed by atoms with Crippen molar-refractivity contribution in [1.82, 2.24) is 5.32 Å². The zero-order chi connectivity index (χ0) is 8.32. The zero-order valence-corrected chi connectivity index (χ0v) is 5.80. The minimum absolute atomic E-state index is 0.205. The van der Waals surface area contributed by atoms with Gasteiger partial charge in [-0.2, -0.15) is 0 Å². The van der Waals surface area contributed by atoms with Crippen molar-refractivity contribution in [2.24, 2.45) is 5.11 Å². The van der Waals surface area contributed by atoms with E-state index < -0.39 is 18.5 Å². The first-order valence-electron chi connectivity index (χ1n) is 3.29. The predicted molar refractivity (Wildman–Crippen MR) is 35.4 cm³/mol. The van der Waals surface area contributed by atoms with Gasteiger partial charge in [0.25, 0.3) is 5.92 Å². The average Bonchev–Trinajstić information content (AvgIpc) is 1.94. The van der Waals surface area contributed by atoms with E-state index in [0.717, 1.165) is 0 Å². The number of piperidine rings is 1. The summed E-state index contributed by atoms with van der Waals surface area (Å²) in [5.74, 6) is -2.88. The molecule has 0 aliphatic carbocycles. The van der Waals surface area contributed by atoms with E-state index in [9.17, 15) is 8.78 Å². The van der Waals surface area contributed by atoms with Gasteiger partial charge in [0.15, 0.2) is 0 Å². The largest absolute Gasteiger partial charge is 0.311 e. The standard InChI is InChI=1S/C5H8F2N4/c6-5(7)3-9-2-1-4(5)10-11-8/h4,9H,1-3H2. The van der Waals surface area contributed by atoms with Crippen LogP contribution in [0.3, 0.4) is 0 Å². The Morgan fingerprint density at radius 3 is 2.91 bits per heavy atom. The minimum Gasteiger partial charge on any atom is -0.311 e. The van der Waals surface area contributed by atoms with Crippen LogP contribution in [0.2, 0.25) is 0 Å². The predicted octanol–water partition coefficient (Wildman–Crippen LogP) is 1.29. The summed E-state index contributed by atoms with van der Waals surface area (Å²) in [6.07, 6.45) is 0.205. The lowest BCUT2D eigenvalue weighted by molar-refractivity contribution is -0.0386. The van der Waals surface area contributed by atoms with Gasteiger partial charge in [0, 0.05) is 4.91 Å². The molecule has 1 unspecified atom stereocenters. The second-order valence-corrected chi connectivity index (χ2v) is 2.45. The Hall–Kier alpha value is -0.870. The summed E-state index contributed by atoms with van der Waals surface area (Å²) in [7, 11) is 0. The van der Waals surface area contributed by atoms with Crippen LogP contribution in [0.25, 0.3) is 10.4 Å². The molecule has 1 atom stereocenters. The fraction of sp³-hybridized carbons (Fsp3) is 1.00. The van der Waals surface area contributed by atoms with Gasteiger partial charge in [-0.1, -0.05) is 5.11 Å². The molecule has 1 aliphatic rings. The molecule has 1 fully saturated rings. The fourth-order valence-corrected chi connectivity index (χ4v) is 1.03. The summed E-state index contributed by atoms with van der Waals surface area (Å²) in [5.41, 5.74) is 7.96. The van der Waals surface area contributed by atoms with Crippen molar-refractivity contribution in [3.63, 3.8) is 0 Å². The van der Waals surface area contributed by atoms with Gasteiger partial charge in [-0.25, -0.2) is 8.78 Å². The number of nitrogens with zero attached hydrogens (tertiary/aromatic N) is 3. The zero-order valence-electron chi connectivity index (χ0n) is 5.80. The second kappa shape index (κ2) is 3.02. The van der Waals surface area contributed by atoms with E-state index in [0.29, 0.717) is 6.54 Å². The van der Waals surface area contributed by atoms with Gasteiger partial charge < -0.3 is 5.32 Å². The third-order valence-electron chi connectivity index (χ3n) is 1.63. The maximum atomic E-state index is 12.7. The normalized spacial score (nSPS) is 29.1. The number of rotatable bonds is 1. The molecule has 62 valence electrons. The maximum absolute atomic E-state index is 12.7. The Labute approximate surface area is 62.2 Å². The summed E-state index contributed by atoms with van der Waals surface area (Å²) in [6.45, 7) is 0.0932. The highest BCUT2D eigenvalue weighted by molar-refractivity contribution is 4.89. The topological polar surface area (TPSA) is 60.8 Å². The molecule has 1 aliphatic heterocycles. The molecule has 1 N–H and O–H groups in total. The van der Waals surface area contributed by atoms with E-state index in [4.69, 9.17) is 5.53 Å². The lowest BCUT2D eigenvalue weighted by Gasteiger charge is -2.28. The van der Waals surface area contributed by atoms with E-state index in [-0.39, 0.29) is 6.42 Å². The Morgan fingerprint density at radius 2 is 2.36 bits per heavy atom. The number of hydrogen-bond donors (Lipinski definition) is 1. The molecule has 0 saturated carbocycles. The van der Waals surface area contributed by atoms with Crippen molar-refractivity contribution in [1.29, 1.82) is 0 Å². The van der Waals surface area contributed by atoms with Gasteiger partial charge in [0.05, 0.1) is 6.54 Å². The molecule has 0 radical (unpaired) electrons. The monoisotopic (exact) mass is 162 g/mol. The molecule has 1 heterocycles. The van der Waals surface area contributed by atoms with E-state index in [1.807, 2.05) is 0 Å². The van der Waals surface area contributed by atoms with Crippen molar-refractivity contribution >= 4 is 0 Å². The van der Waals surface area contributed by atoms with Crippen molar-refractivity contribution in [3.05, 3.63) is 10.4 Å². The van der Waals surface area contributed by atoms with E-state index in [2.05, 4.69) is 15.3 Å². The van der Waals surface area contributed by atoms with Crippen molar-refractivity contribution < 1.29 is 8.78 Å². The van der Waals surface area contributed by atoms with Gasteiger partial charge in [-0.15, -0.1) is 0 Å². The van der Waals surface area contributed by atoms with E-state index >= 15 is 0 Å². The first kappa shape index (κ1) is 8.23. The number of hydrogen-bond acceptors (Lipinski definition) is 2. The van der Waals surface area contributed by atoms with Gasteiger partial charge in [0.1, 0.15) is 6.04 Å². The van der Waals surface area contributed by atoms with Crippen LogP contribution in [0.4, 0.5) is 8.78 Å². The van der Waals surface area contributed by atoms with Crippen LogP contribution < -0.4 is 5.32 Å². The molecule has 0 aromatic rings. The summed E-state index contributed by atoms with van der Waals surface area (Å²) in [6, 6.07) is -1.17. The molecular formula is C5H8F2N4. The highest BCUT2D eigenvalue weighted by Crippen LogP contribution is 2.25. The SMILES string of the molecule is [N-]=[N+]=NC1CCNCC1(F)F. The Bertz CT molecular complexity index is 187. The van der Waals surface area contributed by atoms with Crippen LogP contribution in [0, 0.1) is 0 Å². The number of azide groups is 1. The van der Waals surface area contributed by atoms with Gasteiger partial charge in [-0.3, -0.25) is 0 Å². The van der Waals surface area contributed by atoms with Crippen LogP contribution in [0.5, 0.6) is 0 Å². The molecule has 0 aromatic carbocycles. The van der Waals surface area contributed by atoms with E-state index in [1.165, 1.54) is 0 Å². The van der Waals surface area contributed by atoms with Gasteiger partial charge in [0.2, 0.25) is 0 Å². The van der Waals surface area contributed by atoms with Crippen LogP contribution in [-0.2, 0) is 0 Å². The summed E-state index contributed by atoms with van der Waals surface area (Å²) < 4.78 is 25.5. The van der Waals surface area contributed by atoms with Crippen LogP contribution in [-0.4, -0.2) is 25.1 Å². The smallest absolute Gasteiger partial charge is 0.268 e. The first-order valence-corrected chi connectivity index (χ1v) is 3.29. The quantitative estimate of drug-likeness (QED) is 0.352. The Balaban J connectivity index is 2.66. The molecule has 1 saturated heterocycles.